The van der Waals surface area contributed by atoms with E-state index in [-0.39, 0.29) is 22.9 Å². The van der Waals surface area contributed by atoms with Crippen LogP contribution >= 0.6 is 15.9 Å². The van der Waals surface area contributed by atoms with Gasteiger partial charge in [0.1, 0.15) is 0 Å². The van der Waals surface area contributed by atoms with E-state index in [0.29, 0.717) is 10.0 Å². The zero-order valence-electron chi connectivity index (χ0n) is 16.0. The van der Waals surface area contributed by atoms with Gasteiger partial charge in [-0.1, -0.05) is 30.3 Å². The van der Waals surface area contributed by atoms with Gasteiger partial charge in [0.2, 0.25) is 10.0 Å². The van der Waals surface area contributed by atoms with Gasteiger partial charge in [-0.05, 0) is 59.0 Å². The quantitative estimate of drug-likeness (QED) is 0.642. The summed E-state index contributed by atoms with van der Waals surface area (Å²) in [6.45, 7) is 2.55. The fourth-order valence-corrected chi connectivity index (χ4v) is 5.29. The van der Waals surface area contributed by atoms with Gasteiger partial charge in [-0.2, -0.15) is 0 Å². The molecule has 154 valence electrons. The molecular formula is C21H24BrN3O3S. The molecule has 0 spiro atoms. The van der Waals surface area contributed by atoms with Crippen molar-refractivity contribution in [1.82, 2.24) is 14.9 Å². The average Bonchev–Trinajstić information content (AvgIpc) is 3.39. The van der Waals surface area contributed by atoms with E-state index in [1.807, 2.05) is 18.2 Å². The van der Waals surface area contributed by atoms with Crippen molar-refractivity contribution in [3.05, 3.63) is 64.1 Å². The number of carbonyl (C=O) groups is 1. The van der Waals surface area contributed by atoms with Crippen molar-refractivity contribution in [2.75, 3.05) is 13.1 Å². The van der Waals surface area contributed by atoms with Crippen molar-refractivity contribution in [2.24, 2.45) is 0 Å². The summed E-state index contributed by atoms with van der Waals surface area (Å²) in [5.74, 6) is -0.257. The molecule has 2 fully saturated rings. The molecule has 8 heteroatoms. The van der Waals surface area contributed by atoms with E-state index in [2.05, 4.69) is 43.0 Å². The molecule has 2 aromatic carbocycles. The molecule has 1 aliphatic heterocycles. The number of hydrogen-bond acceptors (Lipinski definition) is 4. The number of halogens is 1. The molecule has 1 heterocycles. The predicted molar refractivity (Wildman–Crippen MR) is 115 cm³/mol. The van der Waals surface area contributed by atoms with Gasteiger partial charge < -0.3 is 5.32 Å². The van der Waals surface area contributed by atoms with Gasteiger partial charge in [0.25, 0.3) is 5.91 Å². The van der Waals surface area contributed by atoms with Crippen molar-refractivity contribution in [3.63, 3.8) is 0 Å². The minimum absolute atomic E-state index is 0.0232. The largest absolute Gasteiger partial charge is 0.348 e. The first kappa shape index (κ1) is 20.5. The highest BCUT2D eigenvalue weighted by Crippen LogP contribution is 2.25. The molecule has 6 nitrogen and oxygen atoms in total. The molecule has 1 aliphatic carbocycles. The van der Waals surface area contributed by atoms with Crippen LogP contribution in [0.25, 0.3) is 0 Å². The molecule has 4 rings (SSSR count). The summed E-state index contributed by atoms with van der Waals surface area (Å²) in [6, 6.07) is 14.9. The molecular weight excluding hydrogens is 454 g/mol. The van der Waals surface area contributed by atoms with Crippen LogP contribution in [0.15, 0.2) is 57.9 Å². The average molecular weight is 478 g/mol. The van der Waals surface area contributed by atoms with Crippen molar-refractivity contribution < 1.29 is 13.2 Å². The second-order valence-corrected chi connectivity index (χ2v) is 10.3. The highest BCUT2D eigenvalue weighted by atomic mass is 79.9. The first-order chi connectivity index (χ1) is 13.9. The SMILES string of the molecule is O=C(NC1CCN(Cc2ccccc2)C1)c1cc(S(=O)(=O)NC2CC2)ccc1Br. The lowest BCUT2D eigenvalue weighted by Crippen LogP contribution is -2.37. The van der Waals surface area contributed by atoms with Crippen LogP contribution < -0.4 is 10.0 Å². The van der Waals surface area contributed by atoms with E-state index in [9.17, 15) is 13.2 Å². The second-order valence-electron chi connectivity index (χ2n) is 7.72. The van der Waals surface area contributed by atoms with Gasteiger partial charge in [-0.3, -0.25) is 9.69 Å². The Bertz CT molecular complexity index is 993. The Kier molecular flexibility index (Phi) is 6.06. The zero-order chi connectivity index (χ0) is 20.4. The molecule has 1 saturated carbocycles. The topological polar surface area (TPSA) is 78.5 Å². The second kappa shape index (κ2) is 8.55. The Morgan fingerprint density at radius 2 is 1.83 bits per heavy atom. The van der Waals surface area contributed by atoms with E-state index in [4.69, 9.17) is 0 Å². The van der Waals surface area contributed by atoms with Crippen molar-refractivity contribution in [2.45, 2.75) is 42.8 Å². The molecule has 1 saturated heterocycles. The number of carbonyl (C=O) groups excluding carboxylic acids is 1. The maximum absolute atomic E-state index is 12.8. The molecule has 2 aromatic rings. The van der Waals surface area contributed by atoms with Crippen LogP contribution in [0.4, 0.5) is 0 Å². The number of likely N-dealkylation sites (tertiary alicyclic amines) is 1. The molecule has 2 aliphatic rings. The normalized spacial score (nSPS) is 20.0. The number of rotatable bonds is 7. The van der Waals surface area contributed by atoms with Gasteiger partial charge in [-0.25, -0.2) is 13.1 Å². The maximum Gasteiger partial charge on any atom is 0.252 e. The van der Waals surface area contributed by atoms with E-state index < -0.39 is 10.0 Å². The molecule has 0 radical (unpaired) electrons. The van der Waals surface area contributed by atoms with Gasteiger partial charge in [0, 0.05) is 36.2 Å². The van der Waals surface area contributed by atoms with Crippen molar-refractivity contribution in [3.8, 4) is 0 Å². The number of amides is 1. The maximum atomic E-state index is 12.8. The van der Waals surface area contributed by atoms with Crippen LogP contribution in [-0.2, 0) is 16.6 Å². The van der Waals surface area contributed by atoms with Gasteiger partial charge in [0.05, 0.1) is 10.5 Å². The lowest BCUT2D eigenvalue weighted by molar-refractivity contribution is 0.0936. The molecule has 1 atom stereocenters. The van der Waals surface area contributed by atoms with E-state index in [1.54, 1.807) is 6.07 Å². The van der Waals surface area contributed by atoms with Gasteiger partial charge >= 0.3 is 0 Å². The molecule has 2 N–H and O–H groups in total. The van der Waals surface area contributed by atoms with Gasteiger partial charge in [-0.15, -0.1) is 0 Å². The fourth-order valence-electron chi connectivity index (χ4n) is 3.53. The third-order valence-electron chi connectivity index (χ3n) is 5.25. The summed E-state index contributed by atoms with van der Waals surface area (Å²) in [6.07, 6.45) is 2.60. The predicted octanol–water partition coefficient (Wildman–Crippen LogP) is 2.89. The number of benzene rings is 2. The van der Waals surface area contributed by atoms with Crippen LogP contribution in [0.2, 0.25) is 0 Å². The van der Waals surface area contributed by atoms with Gasteiger partial charge in [0.15, 0.2) is 0 Å². The van der Waals surface area contributed by atoms with Crippen LogP contribution in [-0.4, -0.2) is 44.4 Å². The van der Waals surface area contributed by atoms with E-state index in [1.165, 1.54) is 17.7 Å². The number of sulfonamides is 1. The standard InChI is InChI=1S/C21H24BrN3O3S/c22-20-9-8-18(29(27,28)24-16-6-7-16)12-19(20)21(26)23-17-10-11-25(14-17)13-15-4-2-1-3-5-15/h1-5,8-9,12,16-17,24H,6-7,10-11,13-14H2,(H,23,26). The first-order valence-corrected chi connectivity index (χ1v) is 12.1. The minimum Gasteiger partial charge on any atom is -0.348 e. The summed E-state index contributed by atoms with van der Waals surface area (Å²) in [7, 11) is -3.60. The Morgan fingerprint density at radius 3 is 2.55 bits per heavy atom. The summed E-state index contributed by atoms with van der Waals surface area (Å²) in [5, 5.41) is 3.06. The number of nitrogens with one attached hydrogen (secondary N) is 2. The Labute approximate surface area is 179 Å². The Morgan fingerprint density at radius 1 is 1.07 bits per heavy atom. The minimum atomic E-state index is -3.60. The number of hydrogen-bond donors (Lipinski definition) is 2. The summed E-state index contributed by atoms with van der Waals surface area (Å²) in [4.78, 5) is 15.3. The van der Waals surface area contributed by atoms with Crippen LogP contribution in [0.1, 0.15) is 35.2 Å². The highest BCUT2D eigenvalue weighted by Gasteiger charge is 2.29. The first-order valence-electron chi connectivity index (χ1n) is 9.80. The van der Waals surface area contributed by atoms with Crippen LogP contribution in [0.5, 0.6) is 0 Å². The third kappa shape index (κ3) is 5.25. The molecule has 1 amide bonds. The van der Waals surface area contributed by atoms with Crippen LogP contribution in [0, 0.1) is 0 Å². The van der Waals surface area contributed by atoms with Crippen molar-refractivity contribution >= 4 is 31.9 Å². The van der Waals surface area contributed by atoms with Crippen LogP contribution in [0.3, 0.4) is 0 Å². The highest BCUT2D eigenvalue weighted by molar-refractivity contribution is 9.10. The van der Waals surface area contributed by atoms with Crippen molar-refractivity contribution in [1.29, 1.82) is 0 Å². The fraction of sp³-hybridized carbons (Fsp3) is 0.381. The Hall–Kier alpha value is -1.74. The molecule has 1 unspecified atom stereocenters. The lowest BCUT2D eigenvalue weighted by atomic mass is 10.2. The molecule has 0 aromatic heterocycles. The van der Waals surface area contributed by atoms with E-state index in [0.717, 1.165) is 38.9 Å². The lowest BCUT2D eigenvalue weighted by Gasteiger charge is -2.17. The summed E-state index contributed by atoms with van der Waals surface area (Å²) < 4.78 is 28.2. The molecule has 29 heavy (non-hydrogen) atoms. The molecule has 0 bridgehead atoms. The number of nitrogens with zero attached hydrogens (tertiary/aromatic N) is 1. The third-order valence-corrected chi connectivity index (χ3v) is 7.46. The zero-order valence-corrected chi connectivity index (χ0v) is 18.4. The monoisotopic (exact) mass is 477 g/mol. The summed E-state index contributed by atoms with van der Waals surface area (Å²) in [5.41, 5.74) is 1.59. The Balaban J connectivity index is 1.40. The summed E-state index contributed by atoms with van der Waals surface area (Å²) >= 11 is 3.38. The van der Waals surface area contributed by atoms with E-state index >= 15 is 0 Å². The smallest absolute Gasteiger partial charge is 0.252 e.